The summed E-state index contributed by atoms with van der Waals surface area (Å²) in [6.07, 6.45) is 0. The SMILES string of the molecule is O=C(Nc1ccccc1)c1cc2c(c([N+](=O)[O-])c1)-c1c(cc([N+](=O)[O-])cc1[N+](=O)[O-])C2=O. The monoisotopic (exact) mass is 434 g/mol. The van der Waals surface area contributed by atoms with Gasteiger partial charge in [0.25, 0.3) is 23.0 Å². The number of ketones is 1. The molecule has 3 aromatic rings. The van der Waals surface area contributed by atoms with Gasteiger partial charge in [-0.2, -0.15) is 0 Å². The highest BCUT2D eigenvalue weighted by atomic mass is 16.6. The Labute approximate surface area is 177 Å². The van der Waals surface area contributed by atoms with Crippen LogP contribution in [0.3, 0.4) is 0 Å². The number of nitrogens with zero attached hydrogens (tertiary/aromatic N) is 3. The maximum Gasteiger partial charge on any atom is 0.285 e. The number of carbonyl (C=O) groups excluding carboxylic acids is 2. The standard InChI is InChI=1S/C20H10N4O8/c25-19-13-6-10(20(26)21-11-4-2-1-3-5-11)7-15(23(29)30)17(13)18-14(19)8-12(22(27)28)9-16(18)24(31)32/h1-9H,(H,21,26). The molecule has 0 spiro atoms. The summed E-state index contributed by atoms with van der Waals surface area (Å²) < 4.78 is 0. The van der Waals surface area contributed by atoms with E-state index in [-0.39, 0.29) is 22.3 Å². The molecule has 0 atom stereocenters. The van der Waals surface area contributed by atoms with Crippen molar-refractivity contribution < 1.29 is 24.4 Å². The van der Waals surface area contributed by atoms with E-state index >= 15 is 0 Å². The molecule has 12 nitrogen and oxygen atoms in total. The predicted octanol–water partition coefficient (Wildman–Crippen LogP) is 3.87. The van der Waals surface area contributed by atoms with Crippen LogP contribution >= 0.6 is 0 Å². The molecule has 0 aliphatic heterocycles. The summed E-state index contributed by atoms with van der Waals surface area (Å²) in [6, 6.07) is 11.7. The highest BCUT2D eigenvalue weighted by Crippen LogP contribution is 2.48. The Morgan fingerprint density at radius 2 is 1.31 bits per heavy atom. The average molecular weight is 434 g/mol. The second kappa shape index (κ2) is 7.36. The van der Waals surface area contributed by atoms with Crippen LogP contribution in [-0.2, 0) is 0 Å². The van der Waals surface area contributed by atoms with Crippen molar-refractivity contribution in [1.29, 1.82) is 0 Å². The maximum absolute atomic E-state index is 12.9. The molecule has 0 radical (unpaired) electrons. The van der Waals surface area contributed by atoms with Crippen molar-refractivity contribution in [3.63, 3.8) is 0 Å². The van der Waals surface area contributed by atoms with E-state index in [0.717, 1.165) is 18.2 Å². The number of hydrogen-bond acceptors (Lipinski definition) is 8. The van der Waals surface area contributed by atoms with Crippen molar-refractivity contribution in [3.05, 3.63) is 102 Å². The first-order valence-electron chi connectivity index (χ1n) is 8.89. The van der Waals surface area contributed by atoms with Gasteiger partial charge in [0, 0.05) is 34.5 Å². The lowest BCUT2D eigenvalue weighted by atomic mass is 9.99. The fourth-order valence-corrected chi connectivity index (χ4v) is 3.52. The summed E-state index contributed by atoms with van der Waals surface area (Å²) in [5.74, 6) is -1.63. The third-order valence-corrected chi connectivity index (χ3v) is 4.86. The maximum atomic E-state index is 12.9. The van der Waals surface area contributed by atoms with E-state index in [1.165, 1.54) is 0 Å². The number of rotatable bonds is 5. The second-order valence-electron chi connectivity index (χ2n) is 6.73. The molecule has 3 aromatic carbocycles. The Balaban J connectivity index is 1.93. The van der Waals surface area contributed by atoms with Crippen LogP contribution in [0.15, 0.2) is 54.6 Å². The zero-order valence-corrected chi connectivity index (χ0v) is 15.8. The first-order valence-corrected chi connectivity index (χ1v) is 8.89. The lowest BCUT2D eigenvalue weighted by molar-refractivity contribution is -0.394. The van der Waals surface area contributed by atoms with E-state index in [4.69, 9.17) is 0 Å². The molecule has 32 heavy (non-hydrogen) atoms. The number of hydrogen-bond donors (Lipinski definition) is 1. The summed E-state index contributed by atoms with van der Waals surface area (Å²) in [7, 11) is 0. The highest BCUT2D eigenvalue weighted by molar-refractivity contribution is 6.26. The van der Waals surface area contributed by atoms with Crippen LogP contribution in [0.25, 0.3) is 11.1 Å². The molecule has 0 unspecified atom stereocenters. The molecule has 158 valence electrons. The summed E-state index contributed by atoms with van der Waals surface area (Å²) >= 11 is 0. The smallest absolute Gasteiger partial charge is 0.285 e. The summed E-state index contributed by atoms with van der Waals surface area (Å²) in [5.41, 5.74) is -3.52. The third-order valence-electron chi connectivity index (χ3n) is 4.86. The van der Waals surface area contributed by atoms with E-state index < -0.39 is 49.1 Å². The van der Waals surface area contributed by atoms with Gasteiger partial charge < -0.3 is 5.32 Å². The normalized spacial score (nSPS) is 11.4. The lowest BCUT2D eigenvalue weighted by Gasteiger charge is -2.08. The van der Waals surface area contributed by atoms with Gasteiger partial charge in [0.1, 0.15) is 0 Å². The quantitative estimate of drug-likeness (QED) is 0.363. The molecule has 1 aliphatic carbocycles. The van der Waals surface area contributed by atoms with Crippen molar-refractivity contribution in [2.24, 2.45) is 0 Å². The van der Waals surface area contributed by atoms with Crippen LogP contribution < -0.4 is 5.32 Å². The molecule has 1 amide bonds. The van der Waals surface area contributed by atoms with Crippen LogP contribution in [-0.4, -0.2) is 26.5 Å². The average Bonchev–Trinajstić information content (AvgIpc) is 3.05. The Morgan fingerprint density at radius 1 is 0.750 bits per heavy atom. The molecular formula is C20H10N4O8. The molecule has 0 saturated carbocycles. The Morgan fingerprint density at radius 3 is 1.88 bits per heavy atom. The fraction of sp³-hybridized carbons (Fsp3) is 0. The minimum absolute atomic E-state index is 0.224. The minimum Gasteiger partial charge on any atom is -0.322 e. The fourth-order valence-electron chi connectivity index (χ4n) is 3.52. The van der Waals surface area contributed by atoms with Crippen LogP contribution in [0.4, 0.5) is 22.7 Å². The Kier molecular flexibility index (Phi) is 4.66. The van der Waals surface area contributed by atoms with Crippen LogP contribution in [0.1, 0.15) is 26.3 Å². The number of fused-ring (bicyclic) bond motifs is 3. The topological polar surface area (TPSA) is 176 Å². The Bertz CT molecular complexity index is 1370. The zero-order chi connectivity index (χ0) is 23.2. The van der Waals surface area contributed by atoms with Crippen molar-refractivity contribution in [1.82, 2.24) is 0 Å². The number of amides is 1. The minimum atomic E-state index is -0.950. The molecule has 12 heteroatoms. The van der Waals surface area contributed by atoms with E-state index in [2.05, 4.69) is 5.32 Å². The summed E-state index contributed by atoms with van der Waals surface area (Å²) in [6.45, 7) is 0. The van der Waals surface area contributed by atoms with Crippen molar-refractivity contribution >= 4 is 34.4 Å². The predicted molar refractivity (Wildman–Crippen MR) is 110 cm³/mol. The number of nitrogens with one attached hydrogen (secondary N) is 1. The lowest BCUT2D eigenvalue weighted by Crippen LogP contribution is -2.13. The molecule has 1 N–H and O–H groups in total. The molecule has 1 aliphatic rings. The van der Waals surface area contributed by atoms with Crippen LogP contribution in [0, 0.1) is 30.3 Å². The van der Waals surface area contributed by atoms with Gasteiger partial charge in [0.2, 0.25) is 0 Å². The molecule has 0 saturated heterocycles. The molecule has 4 rings (SSSR count). The van der Waals surface area contributed by atoms with Crippen molar-refractivity contribution in [2.45, 2.75) is 0 Å². The number of carbonyl (C=O) groups is 2. The summed E-state index contributed by atoms with van der Waals surface area (Å²) in [4.78, 5) is 57.3. The first kappa shape index (κ1) is 20.3. The second-order valence-corrected chi connectivity index (χ2v) is 6.73. The number of para-hydroxylation sites is 1. The van der Waals surface area contributed by atoms with E-state index in [0.29, 0.717) is 11.8 Å². The zero-order valence-electron chi connectivity index (χ0n) is 15.8. The highest BCUT2D eigenvalue weighted by Gasteiger charge is 2.41. The van der Waals surface area contributed by atoms with Gasteiger partial charge in [0.15, 0.2) is 5.78 Å². The number of non-ortho nitro benzene ring substituents is 1. The number of nitro groups is 3. The number of anilines is 1. The van der Waals surface area contributed by atoms with Crippen molar-refractivity contribution in [2.75, 3.05) is 5.32 Å². The summed E-state index contributed by atoms with van der Waals surface area (Å²) in [5, 5.41) is 37.0. The van der Waals surface area contributed by atoms with Gasteiger partial charge in [-0.15, -0.1) is 0 Å². The van der Waals surface area contributed by atoms with Crippen LogP contribution in [0.2, 0.25) is 0 Å². The molecule has 0 aromatic heterocycles. The third kappa shape index (κ3) is 3.21. The van der Waals surface area contributed by atoms with Gasteiger partial charge in [0.05, 0.1) is 32.0 Å². The molecule has 0 fully saturated rings. The van der Waals surface area contributed by atoms with Crippen molar-refractivity contribution in [3.8, 4) is 11.1 Å². The number of nitro benzene ring substituents is 3. The number of benzene rings is 3. The van der Waals surface area contributed by atoms with Gasteiger partial charge in [-0.3, -0.25) is 39.9 Å². The molecular weight excluding hydrogens is 424 g/mol. The molecule has 0 bridgehead atoms. The molecule has 0 heterocycles. The van der Waals surface area contributed by atoms with Crippen LogP contribution in [0.5, 0.6) is 0 Å². The van der Waals surface area contributed by atoms with E-state index in [1.807, 2.05) is 0 Å². The first-order chi connectivity index (χ1) is 15.2. The Hall–Kier alpha value is -5.00. The van der Waals surface area contributed by atoms with E-state index in [9.17, 15) is 39.9 Å². The van der Waals surface area contributed by atoms with Gasteiger partial charge >= 0.3 is 0 Å². The van der Waals surface area contributed by atoms with E-state index in [1.54, 1.807) is 30.3 Å². The largest absolute Gasteiger partial charge is 0.322 e. The van der Waals surface area contributed by atoms with Gasteiger partial charge in [-0.25, -0.2) is 0 Å². The van der Waals surface area contributed by atoms with Gasteiger partial charge in [-0.1, -0.05) is 18.2 Å². The van der Waals surface area contributed by atoms with Gasteiger partial charge in [-0.05, 0) is 18.2 Å².